The molecule has 0 saturated heterocycles. The SMILES string of the molecule is CCOC1CC(N[C@H](CC)CO)C1OC. The average molecular weight is 217 g/mol. The number of hydrogen-bond acceptors (Lipinski definition) is 4. The van der Waals surface area contributed by atoms with Gasteiger partial charge in [0.05, 0.1) is 18.8 Å². The van der Waals surface area contributed by atoms with Crippen molar-refractivity contribution in [1.82, 2.24) is 5.32 Å². The predicted octanol–water partition coefficient (Wildman–Crippen LogP) is 0.539. The van der Waals surface area contributed by atoms with Gasteiger partial charge in [-0.1, -0.05) is 6.92 Å². The Morgan fingerprint density at radius 3 is 2.67 bits per heavy atom. The molecule has 0 heterocycles. The Balaban J connectivity index is 2.32. The molecule has 1 aliphatic carbocycles. The number of methoxy groups -OCH3 is 1. The highest BCUT2D eigenvalue weighted by molar-refractivity contribution is 4.98. The van der Waals surface area contributed by atoms with Crippen molar-refractivity contribution >= 4 is 0 Å². The third-order valence-electron chi connectivity index (χ3n) is 3.07. The van der Waals surface area contributed by atoms with Gasteiger partial charge in [-0.2, -0.15) is 0 Å². The fourth-order valence-electron chi connectivity index (χ4n) is 2.04. The highest BCUT2D eigenvalue weighted by Gasteiger charge is 2.42. The van der Waals surface area contributed by atoms with Crippen molar-refractivity contribution in [3.8, 4) is 0 Å². The zero-order chi connectivity index (χ0) is 11.3. The molecule has 1 saturated carbocycles. The lowest BCUT2D eigenvalue weighted by Gasteiger charge is -2.44. The largest absolute Gasteiger partial charge is 0.395 e. The van der Waals surface area contributed by atoms with Crippen LogP contribution in [0.1, 0.15) is 26.7 Å². The highest BCUT2D eigenvalue weighted by Crippen LogP contribution is 2.27. The maximum Gasteiger partial charge on any atom is 0.0986 e. The lowest BCUT2D eigenvalue weighted by molar-refractivity contribution is -0.133. The molecule has 15 heavy (non-hydrogen) atoms. The van der Waals surface area contributed by atoms with Crippen LogP contribution in [0.2, 0.25) is 0 Å². The zero-order valence-electron chi connectivity index (χ0n) is 9.90. The summed E-state index contributed by atoms with van der Waals surface area (Å²) in [5, 5.41) is 12.5. The van der Waals surface area contributed by atoms with E-state index in [-0.39, 0.29) is 24.9 Å². The molecule has 0 amide bonds. The van der Waals surface area contributed by atoms with Crippen LogP contribution in [0.4, 0.5) is 0 Å². The summed E-state index contributed by atoms with van der Waals surface area (Å²) >= 11 is 0. The average Bonchev–Trinajstić information content (AvgIpc) is 2.23. The maximum atomic E-state index is 9.09. The topological polar surface area (TPSA) is 50.7 Å². The minimum atomic E-state index is 0.130. The molecule has 4 nitrogen and oxygen atoms in total. The molecule has 0 aromatic carbocycles. The number of aliphatic hydroxyl groups excluding tert-OH is 1. The van der Waals surface area contributed by atoms with Gasteiger partial charge in [-0.05, 0) is 19.8 Å². The monoisotopic (exact) mass is 217 g/mol. The van der Waals surface area contributed by atoms with E-state index in [2.05, 4.69) is 12.2 Å². The predicted molar refractivity (Wildman–Crippen MR) is 58.9 cm³/mol. The number of ether oxygens (including phenoxy) is 2. The van der Waals surface area contributed by atoms with Crippen LogP contribution in [0.15, 0.2) is 0 Å². The van der Waals surface area contributed by atoms with Gasteiger partial charge in [0.15, 0.2) is 0 Å². The molecular weight excluding hydrogens is 194 g/mol. The van der Waals surface area contributed by atoms with Gasteiger partial charge in [0.25, 0.3) is 0 Å². The number of aliphatic hydroxyl groups is 1. The van der Waals surface area contributed by atoms with Gasteiger partial charge in [0.1, 0.15) is 0 Å². The summed E-state index contributed by atoms with van der Waals surface area (Å²) in [6.45, 7) is 4.97. The Kier molecular flexibility index (Phi) is 5.53. The zero-order valence-corrected chi connectivity index (χ0v) is 9.90. The van der Waals surface area contributed by atoms with Gasteiger partial charge >= 0.3 is 0 Å². The molecule has 0 aromatic rings. The van der Waals surface area contributed by atoms with Crippen LogP contribution in [0, 0.1) is 0 Å². The standard InChI is InChI=1S/C11H23NO3/c1-4-8(7-13)12-9-6-10(15-5-2)11(9)14-3/h8-13H,4-7H2,1-3H3/t8-,9?,10?,11?/m1/s1. The van der Waals surface area contributed by atoms with Crippen LogP contribution < -0.4 is 5.32 Å². The van der Waals surface area contributed by atoms with E-state index in [0.29, 0.717) is 6.04 Å². The van der Waals surface area contributed by atoms with Crippen molar-refractivity contribution < 1.29 is 14.6 Å². The van der Waals surface area contributed by atoms with Crippen LogP contribution in [-0.4, -0.2) is 49.7 Å². The van der Waals surface area contributed by atoms with Gasteiger partial charge in [-0.15, -0.1) is 0 Å². The number of nitrogens with one attached hydrogen (secondary N) is 1. The Labute approximate surface area is 92.0 Å². The van der Waals surface area contributed by atoms with Gasteiger partial charge in [-0.3, -0.25) is 0 Å². The Morgan fingerprint density at radius 1 is 1.47 bits per heavy atom. The second kappa shape index (κ2) is 6.43. The molecule has 1 fully saturated rings. The summed E-state index contributed by atoms with van der Waals surface area (Å²) in [5.41, 5.74) is 0. The lowest BCUT2D eigenvalue weighted by atomic mass is 9.84. The van der Waals surface area contributed by atoms with Gasteiger partial charge in [0.2, 0.25) is 0 Å². The van der Waals surface area contributed by atoms with E-state index in [4.69, 9.17) is 14.6 Å². The maximum absolute atomic E-state index is 9.09. The molecule has 3 unspecified atom stereocenters. The first-order valence-corrected chi connectivity index (χ1v) is 5.78. The van der Waals surface area contributed by atoms with Crippen molar-refractivity contribution in [2.24, 2.45) is 0 Å². The van der Waals surface area contributed by atoms with Crippen molar-refractivity contribution in [1.29, 1.82) is 0 Å². The quantitative estimate of drug-likeness (QED) is 0.653. The summed E-state index contributed by atoms with van der Waals surface area (Å²) in [5.74, 6) is 0. The van der Waals surface area contributed by atoms with Crippen LogP contribution >= 0.6 is 0 Å². The minimum Gasteiger partial charge on any atom is -0.395 e. The van der Waals surface area contributed by atoms with Crippen molar-refractivity contribution in [2.75, 3.05) is 20.3 Å². The molecule has 4 atom stereocenters. The summed E-state index contributed by atoms with van der Waals surface area (Å²) in [7, 11) is 1.71. The molecule has 0 aromatic heterocycles. The van der Waals surface area contributed by atoms with E-state index < -0.39 is 0 Å². The Morgan fingerprint density at radius 2 is 2.20 bits per heavy atom. The number of hydrogen-bond donors (Lipinski definition) is 2. The fraction of sp³-hybridized carbons (Fsp3) is 1.00. The van der Waals surface area contributed by atoms with Crippen molar-refractivity contribution in [3.05, 3.63) is 0 Å². The van der Waals surface area contributed by atoms with Gasteiger partial charge in [-0.25, -0.2) is 0 Å². The van der Waals surface area contributed by atoms with E-state index in [1.165, 1.54) is 0 Å². The summed E-state index contributed by atoms with van der Waals surface area (Å²) in [6, 6.07) is 0.499. The van der Waals surface area contributed by atoms with Crippen LogP contribution in [0.5, 0.6) is 0 Å². The second-order valence-electron chi connectivity index (χ2n) is 3.99. The fourth-order valence-corrected chi connectivity index (χ4v) is 2.04. The van der Waals surface area contributed by atoms with Crippen LogP contribution in [0.25, 0.3) is 0 Å². The minimum absolute atomic E-state index is 0.130. The Hall–Kier alpha value is -0.160. The lowest BCUT2D eigenvalue weighted by Crippen LogP contribution is -2.62. The van der Waals surface area contributed by atoms with E-state index in [9.17, 15) is 0 Å². The van der Waals surface area contributed by atoms with Crippen LogP contribution in [0.3, 0.4) is 0 Å². The molecule has 1 rings (SSSR count). The van der Waals surface area contributed by atoms with E-state index >= 15 is 0 Å². The molecule has 0 spiro atoms. The summed E-state index contributed by atoms with van der Waals surface area (Å²) in [4.78, 5) is 0. The molecule has 0 bridgehead atoms. The molecule has 90 valence electrons. The third-order valence-corrected chi connectivity index (χ3v) is 3.07. The molecule has 2 N–H and O–H groups in total. The first-order chi connectivity index (χ1) is 7.26. The summed E-state index contributed by atoms with van der Waals surface area (Å²) < 4.78 is 10.9. The normalized spacial score (nSPS) is 32.4. The van der Waals surface area contributed by atoms with Crippen molar-refractivity contribution in [2.45, 2.75) is 51.0 Å². The molecular formula is C11H23NO3. The van der Waals surface area contributed by atoms with Crippen molar-refractivity contribution in [3.63, 3.8) is 0 Å². The molecule has 0 aliphatic heterocycles. The van der Waals surface area contributed by atoms with Gasteiger partial charge in [0, 0.05) is 25.8 Å². The van der Waals surface area contributed by atoms with E-state index in [1.807, 2.05) is 6.92 Å². The first kappa shape index (κ1) is 12.9. The molecule has 1 aliphatic rings. The van der Waals surface area contributed by atoms with Crippen LogP contribution in [-0.2, 0) is 9.47 Å². The first-order valence-electron chi connectivity index (χ1n) is 5.78. The second-order valence-corrected chi connectivity index (χ2v) is 3.99. The van der Waals surface area contributed by atoms with E-state index in [0.717, 1.165) is 19.4 Å². The molecule has 4 heteroatoms. The Bertz CT molecular complexity index is 173. The van der Waals surface area contributed by atoms with E-state index in [1.54, 1.807) is 7.11 Å². The highest BCUT2D eigenvalue weighted by atomic mass is 16.5. The third kappa shape index (κ3) is 3.14. The van der Waals surface area contributed by atoms with Gasteiger partial charge < -0.3 is 19.9 Å². The number of rotatable bonds is 7. The molecule has 0 radical (unpaired) electrons. The smallest absolute Gasteiger partial charge is 0.0986 e. The summed E-state index contributed by atoms with van der Waals surface area (Å²) in [6.07, 6.45) is 2.25.